The highest BCUT2D eigenvalue weighted by atomic mass is 32.2. The van der Waals surface area contributed by atoms with E-state index in [0.29, 0.717) is 18.6 Å². The van der Waals surface area contributed by atoms with Gasteiger partial charge in [-0.25, -0.2) is 0 Å². The van der Waals surface area contributed by atoms with Gasteiger partial charge in [-0.1, -0.05) is 30.3 Å². The van der Waals surface area contributed by atoms with Crippen molar-refractivity contribution in [2.24, 2.45) is 0 Å². The maximum Gasteiger partial charge on any atom is 0.329 e. The number of ether oxygens (including phenoxy) is 1. The van der Waals surface area contributed by atoms with Gasteiger partial charge in [0.05, 0.1) is 7.11 Å². The molecule has 0 N–H and O–H groups in total. The van der Waals surface area contributed by atoms with Crippen LogP contribution in [0.5, 0.6) is 0 Å². The first-order valence-corrected chi connectivity index (χ1v) is 6.47. The largest absolute Gasteiger partial charge is 0.468 e. The third kappa shape index (κ3) is 2.22. The third-order valence-electron chi connectivity index (χ3n) is 2.94. The maximum atomic E-state index is 12.0. The monoisotopic (exact) mass is 250 g/mol. The highest BCUT2D eigenvalue weighted by Crippen LogP contribution is 2.39. The van der Waals surface area contributed by atoms with Gasteiger partial charge in [-0.05, 0) is 5.56 Å². The Kier molecular flexibility index (Phi) is 3.52. The molecule has 1 aliphatic rings. The molecule has 0 aromatic heterocycles. The number of Topliss-reactive ketones (excluding diaryl/α,β-unsaturated/α-hetero) is 1. The van der Waals surface area contributed by atoms with Crippen molar-refractivity contribution in [1.82, 2.24) is 0 Å². The van der Waals surface area contributed by atoms with E-state index in [-0.39, 0.29) is 5.78 Å². The molecule has 1 fully saturated rings. The van der Waals surface area contributed by atoms with E-state index in [9.17, 15) is 9.59 Å². The first kappa shape index (κ1) is 12.2. The van der Waals surface area contributed by atoms with E-state index in [0.717, 1.165) is 5.56 Å². The fourth-order valence-corrected chi connectivity index (χ4v) is 3.41. The fourth-order valence-electron chi connectivity index (χ4n) is 2.04. The molecule has 3 nitrogen and oxygen atoms in total. The lowest BCUT2D eigenvalue weighted by molar-refractivity contribution is -0.146. The number of methoxy groups -OCH3 is 1. The Hall–Kier alpha value is -1.29. The molecule has 2 rings (SSSR count). The lowest BCUT2D eigenvalue weighted by Crippen LogP contribution is -2.43. The second-order valence-electron chi connectivity index (χ2n) is 4.00. The number of benzene rings is 1. The van der Waals surface area contributed by atoms with E-state index in [4.69, 9.17) is 4.74 Å². The van der Waals surface area contributed by atoms with Crippen molar-refractivity contribution in [1.29, 1.82) is 0 Å². The lowest BCUT2D eigenvalue weighted by Gasteiger charge is -2.23. The molecule has 17 heavy (non-hydrogen) atoms. The van der Waals surface area contributed by atoms with Gasteiger partial charge in [0.2, 0.25) is 0 Å². The summed E-state index contributed by atoms with van der Waals surface area (Å²) in [5.74, 6) is 0.257. The number of esters is 1. The van der Waals surface area contributed by atoms with Crippen LogP contribution in [-0.4, -0.2) is 29.4 Å². The molecule has 0 saturated carbocycles. The van der Waals surface area contributed by atoms with Crippen molar-refractivity contribution >= 4 is 23.5 Å². The predicted molar refractivity (Wildman–Crippen MR) is 67.0 cm³/mol. The first-order valence-electron chi connectivity index (χ1n) is 5.48. The Morgan fingerprint density at radius 1 is 1.41 bits per heavy atom. The van der Waals surface area contributed by atoms with Crippen LogP contribution in [0.15, 0.2) is 30.3 Å². The average molecular weight is 250 g/mol. The van der Waals surface area contributed by atoms with E-state index in [1.807, 2.05) is 30.3 Å². The van der Waals surface area contributed by atoms with E-state index >= 15 is 0 Å². The average Bonchev–Trinajstić information content (AvgIpc) is 2.72. The summed E-state index contributed by atoms with van der Waals surface area (Å²) in [5, 5.41) is 0. The number of hydrogen-bond donors (Lipinski definition) is 0. The number of carbonyl (C=O) groups excluding carboxylic acids is 2. The second kappa shape index (κ2) is 4.92. The van der Waals surface area contributed by atoms with Gasteiger partial charge < -0.3 is 4.74 Å². The molecular formula is C13H14O3S. The normalized spacial score (nSPS) is 23.7. The van der Waals surface area contributed by atoms with Crippen LogP contribution >= 0.6 is 11.8 Å². The van der Waals surface area contributed by atoms with Gasteiger partial charge in [-0.2, -0.15) is 0 Å². The van der Waals surface area contributed by atoms with E-state index in [1.165, 1.54) is 18.9 Å². The summed E-state index contributed by atoms with van der Waals surface area (Å²) >= 11 is 1.40. The maximum absolute atomic E-state index is 12.0. The number of rotatable bonds is 3. The zero-order chi connectivity index (χ0) is 12.3. The van der Waals surface area contributed by atoms with Crippen molar-refractivity contribution < 1.29 is 14.3 Å². The summed E-state index contributed by atoms with van der Waals surface area (Å²) in [5.41, 5.74) is 0.987. The van der Waals surface area contributed by atoms with Gasteiger partial charge in [-0.15, -0.1) is 11.8 Å². The Labute approximate surface area is 105 Å². The molecule has 1 saturated heterocycles. The molecule has 1 unspecified atom stereocenters. The molecule has 1 atom stereocenters. The van der Waals surface area contributed by atoms with Crippen molar-refractivity contribution in [2.75, 3.05) is 12.9 Å². The zero-order valence-electron chi connectivity index (χ0n) is 9.64. The van der Waals surface area contributed by atoms with Gasteiger partial charge in [0, 0.05) is 18.6 Å². The molecule has 0 aliphatic carbocycles. The number of ketones is 1. The van der Waals surface area contributed by atoms with Crippen molar-refractivity contribution in [3.8, 4) is 0 Å². The van der Waals surface area contributed by atoms with E-state index in [2.05, 4.69) is 0 Å². The fraction of sp³-hybridized carbons (Fsp3) is 0.385. The van der Waals surface area contributed by atoms with Gasteiger partial charge in [0.25, 0.3) is 0 Å². The van der Waals surface area contributed by atoms with Crippen LogP contribution in [0.3, 0.4) is 0 Å². The van der Waals surface area contributed by atoms with Crippen molar-refractivity contribution in [2.45, 2.75) is 17.6 Å². The Balaban J connectivity index is 2.29. The van der Waals surface area contributed by atoms with Crippen LogP contribution < -0.4 is 0 Å². The molecular weight excluding hydrogens is 236 g/mol. The summed E-state index contributed by atoms with van der Waals surface area (Å²) in [4.78, 5) is 23.9. The summed E-state index contributed by atoms with van der Waals surface area (Å²) < 4.78 is 3.78. The van der Waals surface area contributed by atoms with Crippen LogP contribution in [0.4, 0.5) is 0 Å². The van der Waals surface area contributed by atoms with Crippen LogP contribution in [0.25, 0.3) is 0 Å². The van der Waals surface area contributed by atoms with Gasteiger partial charge in [0.1, 0.15) is 0 Å². The van der Waals surface area contributed by atoms with Crippen molar-refractivity contribution in [3.05, 3.63) is 35.9 Å². The Morgan fingerprint density at radius 2 is 2.12 bits per heavy atom. The highest BCUT2D eigenvalue weighted by Gasteiger charge is 2.50. The molecule has 90 valence electrons. The SMILES string of the molecule is COC(=O)C1(Cc2ccccc2)SCCC1=O. The summed E-state index contributed by atoms with van der Waals surface area (Å²) in [6.45, 7) is 0. The predicted octanol–water partition coefficient (Wildman–Crippen LogP) is 1.85. The summed E-state index contributed by atoms with van der Waals surface area (Å²) in [7, 11) is 1.33. The minimum atomic E-state index is -1.02. The third-order valence-corrected chi connectivity index (χ3v) is 4.38. The second-order valence-corrected chi connectivity index (χ2v) is 5.40. The van der Waals surface area contributed by atoms with E-state index in [1.54, 1.807) is 0 Å². The standard InChI is InChI=1S/C13H14O3S/c1-16-12(15)13(11(14)7-8-17-13)9-10-5-3-2-4-6-10/h2-6H,7-9H2,1H3. The molecule has 0 spiro atoms. The molecule has 4 heteroatoms. The van der Waals surface area contributed by atoms with Gasteiger partial charge >= 0.3 is 5.97 Å². The topological polar surface area (TPSA) is 43.4 Å². The number of carbonyl (C=O) groups is 2. The molecule has 0 bridgehead atoms. The summed E-state index contributed by atoms with van der Waals surface area (Å²) in [6, 6.07) is 9.58. The lowest BCUT2D eigenvalue weighted by atomic mass is 9.93. The Bertz CT molecular complexity index is 430. The molecule has 1 aromatic carbocycles. The van der Waals surface area contributed by atoms with Gasteiger partial charge in [0.15, 0.2) is 10.5 Å². The van der Waals surface area contributed by atoms with E-state index < -0.39 is 10.7 Å². The van der Waals surface area contributed by atoms with Crippen LogP contribution in [-0.2, 0) is 20.7 Å². The van der Waals surface area contributed by atoms with Crippen LogP contribution in [0, 0.1) is 0 Å². The zero-order valence-corrected chi connectivity index (χ0v) is 10.5. The quantitative estimate of drug-likeness (QED) is 0.606. The molecule has 0 radical (unpaired) electrons. The smallest absolute Gasteiger partial charge is 0.329 e. The molecule has 1 heterocycles. The number of hydrogen-bond acceptors (Lipinski definition) is 4. The minimum Gasteiger partial charge on any atom is -0.468 e. The van der Waals surface area contributed by atoms with Crippen molar-refractivity contribution in [3.63, 3.8) is 0 Å². The van der Waals surface area contributed by atoms with Crippen LogP contribution in [0.1, 0.15) is 12.0 Å². The van der Waals surface area contributed by atoms with Crippen LogP contribution in [0.2, 0.25) is 0 Å². The summed E-state index contributed by atoms with van der Waals surface area (Å²) in [6.07, 6.45) is 0.872. The minimum absolute atomic E-state index is 0.0156. The Morgan fingerprint density at radius 3 is 2.65 bits per heavy atom. The molecule has 1 aromatic rings. The molecule has 1 aliphatic heterocycles. The van der Waals surface area contributed by atoms with Gasteiger partial charge in [-0.3, -0.25) is 9.59 Å². The molecule has 0 amide bonds. The first-order chi connectivity index (χ1) is 8.19. The number of thioether (sulfide) groups is 1. The highest BCUT2D eigenvalue weighted by molar-refractivity contribution is 8.02.